The molecule has 134 valence electrons. The van der Waals surface area contributed by atoms with Crippen LogP contribution in [0.15, 0.2) is 21.1 Å². The van der Waals surface area contributed by atoms with Crippen LogP contribution in [-0.4, -0.2) is 22.8 Å². The topological polar surface area (TPSA) is 89.3 Å². The molecule has 0 radical (unpaired) electrons. The number of hydrogen-bond acceptors (Lipinski definition) is 5. The fourth-order valence-electron chi connectivity index (χ4n) is 2.74. The highest BCUT2D eigenvalue weighted by atomic mass is 79.9. The second-order valence-corrected chi connectivity index (χ2v) is 7.14. The molecular formula is C16H18BrClN4O3. The third-order valence-corrected chi connectivity index (χ3v) is 4.87. The molecule has 0 spiro atoms. The van der Waals surface area contributed by atoms with Crippen molar-refractivity contribution in [3.05, 3.63) is 33.3 Å². The Hall–Kier alpha value is -1.80. The molecule has 0 atom stereocenters. The van der Waals surface area contributed by atoms with E-state index in [9.17, 15) is 4.79 Å². The summed E-state index contributed by atoms with van der Waals surface area (Å²) < 4.78 is 11.3. The molecule has 9 heteroatoms. The fraction of sp³-hybridized carbons (Fsp3) is 0.438. The van der Waals surface area contributed by atoms with Gasteiger partial charge >= 0.3 is 6.03 Å². The van der Waals surface area contributed by atoms with Gasteiger partial charge in [0, 0.05) is 11.9 Å². The minimum Gasteiger partial charge on any atom is -0.491 e. The third-order valence-electron chi connectivity index (χ3n) is 4.06. The lowest BCUT2D eigenvalue weighted by Gasteiger charge is -2.39. The van der Waals surface area contributed by atoms with E-state index in [1.165, 1.54) is 0 Å². The number of amides is 2. The predicted octanol–water partition coefficient (Wildman–Crippen LogP) is 4.39. The number of anilines is 1. The standard InChI is InChI=1S/C16H18BrClN4O3/c1-3-24-13-11(17)7-10(18)8-12(13)20-15(23)21-16(5-4-6-16)14-19-9(2)25-22-14/h7-8H,3-6H2,1-2H3,(H2,20,21,23). The van der Waals surface area contributed by atoms with E-state index in [1.807, 2.05) is 6.92 Å². The fourth-order valence-corrected chi connectivity index (χ4v) is 3.67. The Morgan fingerprint density at radius 2 is 2.24 bits per heavy atom. The quantitative estimate of drug-likeness (QED) is 0.735. The van der Waals surface area contributed by atoms with Crippen LogP contribution in [0.1, 0.15) is 37.9 Å². The van der Waals surface area contributed by atoms with Gasteiger partial charge in [0.15, 0.2) is 11.6 Å². The van der Waals surface area contributed by atoms with Crippen LogP contribution in [0.25, 0.3) is 0 Å². The van der Waals surface area contributed by atoms with Crippen molar-refractivity contribution < 1.29 is 14.1 Å². The van der Waals surface area contributed by atoms with Crippen LogP contribution in [0.4, 0.5) is 10.5 Å². The Bertz CT molecular complexity index is 792. The van der Waals surface area contributed by atoms with Crippen molar-refractivity contribution in [2.24, 2.45) is 0 Å². The number of benzene rings is 1. The average molecular weight is 430 g/mol. The van der Waals surface area contributed by atoms with E-state index in [4.69, 9.17) is 20.9 Å². The van der Waals surface area contributed by atoms with Gasteiger partial charge in [0.2, 0.25) is 5.89 Å². The molecule has 0 bridgehead atoms. The molecule has 0 aliphatic heterocycles. The van der Waals surface area contributed by atoms with Crippen LogP contribution in [-0.2, 0) is 5.54 Å². The van der Waals surface area contributed by atoms with E-state index in [0.717, 1.165) is 19.3 Å². The molecule has 1 heterocycles. The molecule has 1 aliphatic rings. The highest BCUT2D eigenvalue weighted by Gasteiger charge is 2.44. The minimum absolute atomic E-state index is 0.378. The zero-order chi connectivity index (χ0) is 18.0. The zero-order valence-corrected chi connectivity index (χ0v) is 16.2. The first kappa shape index (κ1) is 18.0. The van der Waals surface area contributed by atoms with Gasteiger partial charge in [-0.15, -0.1) is 0 Å². The summed E-state index contributed by atoms with van der Waals surface area (Å²) in [5, 5.41) is 10.2. The van der Waals surface area contributed by atoms with Crippen molar-refractivity contribution in [3.63, 3.8) is 0 Å². The molecular weight excluding hydrogens is 412 g/mol. The van der Waals surface area contributed by atoms with Gasteiger partial charge in [-0.1, -0.05) is 16.8 Å². The summed E-state index contributed by atoms with van der Waals surface area (Å²) in [6.45, 7) is 4.05. The lowest BCUT2D eigenvalue weighted by atomic mass is 9.76. The smallest absolute Gasteiger partial charge is 0.320 e. The average Bonchev–Trinajstić information content (AvgIpc) is 2.93. The number of carbonyl (C=O) groups excluding carboxylic acids is 1. The molecule has 3 rings (SSSR count). The van der Waals surface area contributed by atoms with E-state index in [0.29, 0.717) is 39.3 Å². The van der Waals surface area contributed by atoms with Gasteiger partial charge in [-0.2, -0.15) is 4.98 Å². The van der Waals surface area contributed by atoms with E-state index in [-0.39, 0.29) is 6.03 Å². The number of rotatable bonds is 5. The number of nitrogens with zero attached hydrogens (tertiary/aromatic N) is 2. The van der Waals surface area contributed by atoms with Crippen LogP contribution >= 0.6 is 27.5 Å². The predicted molar refractivity (Wildman–Crippen MR) is 97.0 cm³/mol. The number of nitrogens with one attached hydrogen (secondary N) is 2. The second kappa shape index (κ2) is 7.21. The van der Waals surface area contributed by atoms with Gasteiger partial charge in [-0.25, -0.2) is 4.79 Å². The summed E-state index contributed by atoms with van der Waals surface area (Å²) in [6, 6.07) is 2.98. The van der Waals surface area contributed by atoms with Crippen LogP contribution in [0.2, 0.25) is 5.02 Å². The molecule has 1 aromatic carbocycles. The molecule has 1 fully saturated rings. The van der Waals surface area contributed by atoms with Gasteiger partial charge in [0.05, 0.1) is 16.8 Å². The lowest BCUT2D eigenvalue weighted by molar-refractivity contribution is 0.171. The monoisotopic (exact) mass is 428 g/mol. The maximum atomic E-state index is 12.6. The highest BCUT2D eigenvalue weighted by Crippen LogP contribution is 2.40. The number of carbonyl (C=O) groups is 1. The number of aryl methyl sites for hydroxylation is 1. The normalized spacial score (nSPS) is 15.4. The Morgan fingerprint density at radius 3 is 2.80 bits per heavy atom. The summed E-state index contributed by atoms with van der Waals surface area (Å²) >= 11 is 9.49. The van der Waals surface area contributed by atoms with Crippen LogP contribution in [0, 0.1) is 6.92 Å². The molecule has 1 saturated carbocycles. The number of halogens is 2. The molecule has 2 amide bonds. The molecule has 2 N–H and O–H groups in total. The molecule has 25 heavy (non-hydrogen) atoms. The van der Waals surface area contributed by atoms with Crippen molar-refractivity contribution >= 4 is 39.2 Å². The lowest BCUT2D eigenvalue weighted by Crippen LogP contribution is -2.52. The van der Waals surface area contributed by atoms with Crippen molar-refractivity contribution in [1.29, 1.82) is 0 Å². The Balaban J connectivity index is 1.79. The summed E-state index contributed by atoms with van der Waals surface area (Å²) in [5.74, 6) is 1.50. The van der Waals surface area contributed by atoms with Crippen LogP contribution in [0.3, 0.4) is 0 Å². The summed E-state index contributed by atoms with van der Waals surface area (Å²) in [6.07, 6.45) is 2.51. The Labute approximate surface area is 158 Å². The molecule has 1 aromatic heterocycles. The van der Waals surface area contributed by atoms with Gasteiger partial charge in [0.1, 0.15) is 5.54 Å². The summed E-state index contributed by atoms with van der Waals surface area (Å²) in [4.78, 5) is 16.8. The maximum absolute atomic E-state index is 12.6. The number of ether oxygens (including phenoxy) is 1. The van der Waals surface area contributed by atoms with Crippen molar-refractivity contribution in [2.75, 3.05) is 11.9 Å². The van der Waals surface area contributed by atoms with E-state index < -0.39 is 5.54 Å². The highest BCUT2D eigenvalue weighted by molar-refractivity contribution is 9.10. The van der Waals surface area contributed by atoms with Crippen molar-refractivity contribution in [3.8, 4) is 5.75 Å². The minimum atomic E-state index is -0.594. The van der Waals surface area contributed by atoms with Gasteiger partial charge in [0.25, 0.3) is 0 Å². The number of urea groups is 1. The molecule has 0 unspecified atom stereocenters. The first-order valence-electron chi connectivity index (χ1n) is 7.95. The Morgan fingerprint density at radius 1 is 1.48 bits per heavy atom. The summed E-state index contributed by atoms with van der Waals surface area (Å²) in [7, 11) is 0. The molecule has 0 saturated heterocycles. The van der Waals surface area contributed by atoms with Gasteiger partial charge < -0.3 is 19.9 Å². The first-order valence-corrected chi connectivity index (χ1v) is 9.12. The van der Waals surface area contributed by atoms with E-state index in [1.54, 1.807) is 19.1 Å². The first-order chi connectivity index (χ1) is 11.9. The van der Waals surface area contributed by atoms with Crippen molar-refractivity contribution in [1.82, 2.24) is 15.5 Å². The second-order valence-electron chi connectivity index (χ2n) is 5.85. The molecule has 2 aromatic rings. The SMILES string of the molecule is CCOc1c(Br)cc(Cl)cc1NC(=O)NC1(c2noc(C)n2)CCC1. The summed E-state index contributed by atoms with van der Waals surface area (Å²) in [5.41, 5.74) is -0.110. The number of aromatic nitrogens is 2. The molecule has 1 aliphatic carbocycles. The van der Waals surface area contributed by atoms with E-state index in [2.05, 4.69) is 36.7 Å². The van der Waals surface area contributed by atoms with Crippen LogP contribution < -0.4 is 15.4 Å². The third kappa shape index (κ3) is 3.74. The maximum Gasteiger partial charge on any atom is 0.320 e. The largest absolute Gasteiger partial charge is 0.491 e. The van der Waals surface area contributed by atoms with Gasteiger partial charge in [-0.3, -0.25) is 0 Å². The van der Waals surface area contributed by atoms with Crippen molar-refractivity contribution in [2.45, 2.75) is 38.6 Å². The molecule has 7 nitrogen and oxygen atoms in total. The number of hydrogen-bond donors (Lipinski definition) is 2. The van der Waals surface area contributed by atoms with E-state index >= 15 is 0 Å². The van der Waals surface area contributed by atoms with Crippen LogP contribution in [0.5, 0.6) is 5.75 Å². The van der Waals surface area contributed by atoms with Gasteiger partial charge in [-0.05, 0) is 54.2 Å². The Kier molecular flexibility index (Phi) is 5.19. The zero-order valence-electron chi connectivity index (χ0n) is 13.9.